The Bertz CT molecular complexity index is 100. The maximum atomic E-state index is 12.0. The first kappa shape index (κ1) is 12.0. The van der Waals surface area contributed by atoms with Crippen LogP contribution >= 0.6 is 46.4 Å². The van der Waals surface area contributed by atoms with Gasteiger partial charge in [0.05, 0.1) is 0 Å². The zero-order valence-electron chi connectivity index (χ0n) is 4.99. The zero-order chi connectivity index (χ0) is 9.02. The molecule has 7 heteroatoms. The highest BCUT2D eigenvalue weighted by molar-refractivity contribution is 6.30. The van der Waals surface area contributed by atoms with Crippen LogP contribution in [0, 0.1) is 0 Å². The molecular weight excluding hydrogens is 244 g/mol. The molecule has 0 aromatic heterocycles. The van der Waals surface area contributed by atoms with E-state index in [0.29, 0.717) is 0 Å². The molecule has 0 aromatic carbocycles. The first-order valence-corrected chi connectivity index (χ1v) is 4.19. The quantitative estimate of drug-likeness (QED) is 0.694. The van der Waals surface area contributed by atoms with Crippen LogP contribution in [0.3, 0.4) is 0 Å². The third-order valence-corrected chi connectivity index (χ3v) is 2.02. The topological polar surface area (TPSA) is 9.23 Å². The molecule has 0 aromatic rings. The molecular formula is C4H4Cl4F2O. The molecule has 0 N–H and O–H groups in total. The lowest BCUT2D eigenvalue weighted by molar-refractivity contribution is 0.0333. The van der Waals surface area contributed by atoms with Gasteiger partial charge in [-0.3, -0.25) is 0 Å². The van der Waals surface area contributed by atoms with Crippen molar-refractivity contribution in [1.82, 2.24) is 0 Å². The van der Waals surface area contributed by atoms with Crippen LogP contribution in [0.15, 0.2) is 0 Å². The van der Waals surface area contributed by atoms with E-state index in [2.05, 4.69) is 4.74 Å². The predicted molar refractivity (Wildman–Crippen MR) is 41.9 cm³/mol. The van der Waals surface area contributed by atoms with Crippen LogP contribution in [0.1, 0.15) is 0 Å². The summed E-state index contributed by atoms with van der Waals surface area (Å²) in [7, 11) is 0. The molecule has 4 atom stereocenters. The Kier molecular flexibility index (Phi) is 6.09. The van der Waals surface area contributed by atoms with Crippen molar-refractivity contribution in [2.75, 3.05) is 0 Å². The van der Waals surface area contributed by atoms with Crippen molar-refractivity contribution in [2.45, 2.75) is 22.4 Å². The lowest BCUT2D eigenvalue weighted by atomic mass is 10.7. The van der Waals surface area contributed by atoms with Crippen molar-refractivity contribution in [3.63, 3.8) is 0 Å². The van der Waals surface area contributed by atoms with Crippen LogP contribution in [0.5, 0.6) is 0 Å². The minimum Gasteiger partial charge on any atom is -0.335 e. The average Bonchev–Trinajstić information content (AvgIpc) is 1.87. The second-order valence-electron chi connectivity index (χ2n) is 1.51. The van der Waals surface area contributed by atoms with Crippen LogP contribution in [0.2, 0.25) is 0 Å². The fraction of sp³-hybridized carbons (Fsp3) is 1.00. The zero-order valence-corrected chi connectivity index (χ0v) is 8.01. The molecule has 68 valence electrons. The molecule has 0 saturated carbocycles. The van der Waals surface area contributed by atoms with Gasteiger partial charge in [-0.25, -0.2) is 8.78 Å². The fourth-order valence-corrected chi connectivity index (χ4v) is 0.636. The van der Waals surface area contributed by atoms with Crippen molar-refractivity contribution >= 4 is 46.4 Å². The molecule has 0 heterocycles. The van der Waals surface area contributed by atoms with Crippen molar-refractivity contribution in [2.24, 2.45) is 0 Å². The summed E-state index contributed by atoms with van der Waals surface area (Å²) in [4.78, 5) is 0. The van der Waals surface area contributed by atoms with E-state index in [1.54, 1.807) is 0 Å². The average molecular weight is 248 g/mol. The molecule has 0 saturated heterocycles. The van der Waals surface area contributed by atoms with Gasteiger partial charge in [-0.2, -0.15) is 0 Å². The third-order valence-electron chi connectivity index (χ3n) is 0.656. The summed E-state index contributed by atoms with van der Waals surface area (Å²) < 4.78 is 28.3. The number of hydrogen-bond donors (Lipinski definition) is 0. The van der Waals surface area contributed by atoms with E-state index in [0.717, 1.165) is 0 Å². The first-order chi connectivity index (χ1) is 4.95. The second-order valence-corrected chi connectivity index (χ2v) is 3.20. The molecule has 11 heavy (non-hydrogen) atoms. The summed E-state index contributed by atoms with van der Waals surface area (Å²) in [6.45, 7) is 0. The number of rotatable bonds is 4. The van der Waals surface area contributed by atoms with Gasteiger partial charge in [-0.1, -0.05) is 46.4 Å². The molecule has 0 bridgehead atoms. The summed E-state index contributed by atoms with van der Waals surface area (Å²) >= 11 is 19.9. The summed E-state index contributed by atoms with van der Waals surface area (Å²) in [6, 6.07) is 0. The first-order valence-electron chi connectivity index (χ1n) is 2.45. The smallest absolute Gasteiger partial charge is 0.213 e. The van der Waals surface area contributed by atoms with E-state index in [9.17, 15) is 8.78 Å². The molecule has 0 fully saturated rings. The van der Waals surface area contributed by atoms with E-state index < -0.39 is 22.4 Å². The third kappa shape index (κ3) is 5.26. The molecule has 0 amide bonds. The van der Waals surface area contributed by atoms with Gasteiger partial charge in [-0.15, -0.1) is 0 Å². The maximum absolute atomic E-state index is 12.0. The molecule has 4 unspecified atom stereocenters. The molecule has 0 aliphatic heterocycles. The SMILES string of the molecule is FC(Cl)C(Cl)OC(Cl)C(F)Cl. The number of hydrogen-bond acceptors (Lipinski definition) is 1. The molecule has 1 nitrogen and oxygen atoms in total. The van der Waals surface area contributed by atoms with Gasteiger partial charge >= 0.3 is 0 Å². The maximum Gasteiger partial charge on any atom is 0.213 e. The minimum absolute atomic E-state index is 1.50. The predicted octanol–water partition coefficient (Wildman–Crippen LogP) is 3.20. The fourth-order valence-electron chi connectivity index (χ4n) is 0.243. The van der Waals surface area contributed by atoms with E-state index >= 15 is 0 Å². The molecule has 0 aliphatic rings. The Morgan fingerprint density at radius 2 is 1.09 bits per heavy atom. The van der Waals surface area contributed by atoms with Gasteiger partial charge in [0, 0.05) is 0 Å². The van der Waals surface area contributed by atoms with Gasteiger partial charge in [0.25, 0.3) is 0 Å². The van der Waals surface area contributed by atoms with E-state index in [4.69, 9.17) is 46.4 Å². The highest BCUT2D eigenvalue weighted by Crippen LogP contribution is 2.20. The van der Waals surface area contributed by atoms with Crippen LogP contribution in [0.25, 0.3) is 0 Å². The molecule has 0 spiro atoms. The van der Waals surface area contributed by atoms with Gasteiger partial charge < -0.3 is 4.74 Å². The van der Waals surface area contributed by atoms with Crippen LogP contribution in [-0.2, 0) is 4.74 Å². The highest BCUT2D eigenvalue weighted by atomic mass is 35.5. The standard InChI is InChI=1S/C4H4Cl4F2O/c5-1(9)3(7)11-4(8)2(6)10/h1-4H. The molecule has 0 radical (unpaired) electrons. The Labute approximate surface area is 82.5 Å². The summed E-state index contributed by atoms with van der Waals surface area (Å²) in [5.74, 6) is 0. The van der Waals surface area contributed by atoms with Gasteiger partial charge in [0.15, 0.2) is 11.1 Å². The molecule has 0 aliphatic carbocycles. The summed E-state index contributed by atoms with van der Waals surface area (Å²) in [5.41, 5.74) is -6.91. The second kappa shape index (κ2) is 5.60. The Balaban J connectivity index is 3.66. The largest absolute Gasteiger partial charge is 0.335 e. The Hall–Kier alpha value is 0.980. The van der Waals surface area contributed by atoms with Gasteiger partial charge in [-0.05, 0) is 0 Å². The summed E-state index contributed by atoms with van der Waals surface area (Å²) in [6.07, 6.45) is 0. The number of ether oxygens (including phenoxy) is 1. The lowest BCUT2D eigenvalue weighted by Crippen LogP contribution is -2.23. The molecule has 0 rings (SSSR count). The monoisotopic (exact) mass is 246 g/mol. The summed E-state index contributed by atoms with van der Waals surface area (Å²) in [5, 5.41) is 0. The van der Waals surface area contributed by atoms with Crippen LogP contribution in [-0.4, -0.2) is 22.4 Å². The van der Waals surface area contributed by atoms with Crippen LogP contribution < -0.4 is 0 Å². The van der Waals surface area contributed by atoms with Crippen molar-refractivity contribution in [1.29, 1.82) is 0 Å². The number of halogens is 6. The normalized spacial score (nSPS) is 22.4. The van der Waals surface area contributed by atoms with Gasteiger partial charge in [0.2, 0.25) is 11.3 Å². The van der Waals surface area contributed by atoms with Crippen molar-refractivity contribution in [3.8, 4) is 0 Å². The lowest BCUT2D eigenvalue weighted by Gasteiger charge is -2.15. The van der Waals surface area contributed by atoms with Gasteiger partial charge in [0.1, 0.15) is 0 Å². The number of alkyl halides is 6. The minimum atomic E-state index is -1.95. The van der Waals surface area contributed by atoms with Crippen LogP contribution in [0.4, 0.5) is 8.78 Å². The van der Waals surface area contributed by atoms with Crippen molar-refractivity contribution in [3.05, 3.63) is 0 Å². The van der Waals surface area contributed by atoms with E-state index in [1.165, 1.54) is 0 Å². The highest BCUT2D eigenvalue weighted by Gasteiger charge is 2.24. The van der Waals surface area contributed by atoms with E-state index in [1.807, 2.05) is 0 Å². The Morgan fingerprint density at radius 1 is 0.818 bits per heavy atom. The van der Waals surface area contributed by atoms with Crippen molar-refractivity contribution < 1.29 is 13.5 Å². The Morgan fingerprint density at radius 3 is 1.27 bits per heavy atom. The van der Waals surface area contributed by atoms with E-state index in [-0.39, 0.29) is 0 Å².